The summed E-state index contributed by atoms with van der Waals surface area (Å²) in [4.78, 5) is 13.5. The topological polar surface area (TPSA) is 81.9 Å². The summed E-state index contributed by atoms with van der Waals surface area (Å²) in [6, 6.07) is 8.78. The Morgan fingerprint density at radius 1 is 1.45 bits per heavy atom. The van der Waals surface area contributed by atoms with E-state index in [1.165, 1.54) is 16.2 Å². The molecule has 1 N–H and O–H groups in total. The van der Waals surface area contributed by atoms with Crippen molar-refractivity contribution >= 4 is 34.1 Å². The number of nitrogens with one attached hydrogen (secondary N) is 1. The van der Waals surface area contributed by atoms with E-state index in [9.17, 15) is 4.79 Å². The number of anilines is 1. The van der Waals surface area contributed by atoms with Gasteiger partial charge in [0.05, 0.1) is 12.5 Å². The molecule has 6 nitrogen and oxygen atoms in total. The van der Waals surface area contributed by atoms with Crippen molar-refractivity contribution < 1.29 is 4.79 Å². The van der Waals surface area contributed by atoms with E-state index in [0.717, 1.165) is 5.56 Å². The minimum atomic E-state index is -0.318. The number of hydrogen-bond acceptors (Lipinski definition) is 5. The molecule has 0 bridgehead atoms. The zero-order valence-corrected chi connectivity index (χ0v) is 13.6. The summed E-state index contributed by atoms with van der Waals surface area (Å²) in [5, 5.41) is 21.1. The Labute approximate surface area is 137 Å². The lowest BCUT2D eigenvalue weighted by Crippen LogP contribution is -2.38. The van der Waals surface area contributed by atoms with Crippen molar-refractivity contribution in [3.05, 3.63) is 29.3 Å². The highest BCUT2D eigenvalue weighted by Crippen LogP contribution is 2.27. The second kappa shape index (κ2) is 7.20. The smallest absolute Gasteiger partial charge is 0.323 e. The van der Waals surface area contributed by atoms with Gasteiger partial charge in [0.1, 0.15) is 5.01 Å². The summed E-state index contributed by atoms with van der Waals surface area (Å²) in [6.07, 6.45) is 0.274. The number of amides is 2. The van der Waals surface area contributed by atoms with E-state index in [-0.39, 0.29) is 18.5 Å². The van der Waals surface area contributed by atoms with Gasteiger partial charge in [0.15, 0.2) is 0 Å². The first kappa shape index (κ1) is 16.2. The third kappa shape index (κ3) is 3.93. The molecule has 0 radical (unpaired) electrons. The van der Waals surface area contributed by atoms with Crippen LogP contribution in [0, 0.1) is 11.3 Å². The van der Waals surface area contributed by atoms with Gasteiger partial charge < -0.3 is 4.90 Å². The minimum absolute atomic E-state index is 0.173. The summed E-state index contributed by atoms with van der Waals surface area (Å²) in [5.41, 5.74) is 0.883. The van der Waals surface area contributed by atoms with Crippen LogP contribution in [0.15, 0.2) is 24.3 Å². The highest BCUT2D eigenvalue weighted by Gasteiger charge is 2.17. The fourth-order valence-electron chi connectivity index (χ4n) is 1.63. The second-order valence-corrected chi connectivity index (χ2v) is 6.09. The number of urea groups is 1. The van der Waals surface area contributed by atoms with Crippen molar-refractivity contribution in [2.45, 2.75) is 19.4 Å². The molecule has 0 aliphatic heterocycles. The van der Waals surface area contributed by atoms with Crippen LogP contribution in [-0.4, -0.2) is 34.2 Å². The zero-order chi connectivity index (χ0) is 16.1. The molecule has 1 atom stereocenters. The molecule has 1 aromatic heterocycles. The standard InChI is InChI=1S/C14H14ClN5OS/c1-9(7-8-16)20(2)14(21)17-13-19-18-12(22-13)10-3-5-11(15)6-4-10/h3-6,9H,7H2,1-2H3,(H,17,19,21). The Hall–Kier alpha value is -2.17. The molecule has 0 aliphatic rings. The Morgan fingerprint density at radius 3 is 2.77 bits per heavy atom. The Balaban J connectivity index is 2.04. The van der Waals surface area contributed by atoms with Crippen LogP contribution in [0.5, 0.6) is 0 Å². The maximum absolute atomic E-state index is 12.0. The summed E-state index contributed by atoms with van der Waals surface area (Å²) < 4.78 is 0. The Morgan fingerprint density at radius 2 is 2.14 bits per heavy atom. The molecule has 2 rings (SSSR count). The number of benzene rings is 1. The molecular weight excluding hydrogens is 322 g/mol. The maximum atomic E-state index is 12.0. The molecule has 0 aliphatic carbocycles. The summed E-state index contributed by atoms with van der Waals surface area (Å²) in [6.45, 7) is 1.81. The number of nitrogens with zero attached hydrogens (tertiary/aromatic N) is 4. The van der Waals surface area contributed by atoms with Gasteiger partial charge in [-0.1, -0.05) is 35.1 Å². The first-order chi connectivity index (χ1) is 10.5. The average molecular weight is 336 g/mol. The monoisotopic (exact) mass is 335 g/mol. The van der Waals surface area contributed by atoms with Crippen molar-refractivity contribution in [3.8, 4) is 16.6 Å². The Kier molecular flexibility index (Phi) is 5.31. The average Bonchev–Trinajstić information content (AvgIpc) is 2.95. The third-order valence-corrected chi connectivity index (χ3v) is 4.24. The van der Waals surface area contributed by atoms with E-state index in [0.29, 0.717) is 15.2 Å². The molecule has 0 fully saturated rings. The van der Waals surface area contributed by atoms with Gasteiger partial charge in [-0.05, 0) is 19.1 Å². The normalized spacial score (nSPS) is 11.5. The van der Waals surface area contributed by atoms with Gasteiger partial charge in [0.25, 0.3) is 0 Å². The van der Waals surface area contributed by atoms with E-state index >= 15 is 0 Å². The van der Waals surface area contributed by atoms with Crippen LogP contribution in [0.1, 0.15) is 13.3 Å². The fourth-order valence-corrected chi connectivity index (χ4v) is 2.50. The molecule has 2 amide bonds. The van der Waals surface area contributed by atoms with Crippen molar-refractivity contribution in [1.82, 2.24) is 15.1 Å². The molecular formula is C14H14ClN5OS. The van der Waals surface area contributed by atoms with Gasteiger partial charge in [-0.15, -0.1) is 10.2 Å². The predicted octanol–water partition coefficient (Wildman–Crippen LogP) is 3.62. The van der Waals surface area contributed by atoms with Gasteiger partial charge in [-0.25, -0.2) is 4.79 Å². The van der Waals surface area contributed by atoms with E-state index in [4.69, 9.17) is 16.9 Å². The summed E-state index contributed by atoms with van der Waals surface area (Å²) in [5.74, 6) is 0. The van der Waals surface area contributed by atoms with Crippen molar-refractivity contribution in [2.24, 2.45) is 0 Å². The maximum Gasteiger partial charge on any atom is 0.323 e. The molecule has 1 heterocycles. The van der Waals surface area contributed by atoms with Crippen LogP contribution in [-0.2, 0) is 0 Å². The molecule has 8 heteroatoms. The number of aromatic nitrogens is 2. The number of halogens is 1. The molecule has 1 unspecified atom stereocenters. The van der Waals surface area contributed by atoms with E-state index in [1.54, 1.807) is 19.2 Å². The SMILES string of the molecule is CC(CC#N)N(C)C(=O)Nc1nnc(-c2ccc(Cl)cc2)s1. The highest BCUT2D eigenvalue weighted by atomic mass is 35.5. The first-order valence-electron chi connectivity index (χ1n) is 6.51. The largest absolute Gasteiger partial charge is 0.324 e. The van der Waals surface area contributed by atoms with Crippen LogP contribution < -0.4 is 5.32 Å². The lowest BCUT2D eigenvalue weighted by molar-refractivity contribution is 0.208. The molecule has 22 heavy (non-hydrogen) atoms. The number of nitriles is 1. The molecule has 114 valence electrons. The van der Waals surface area contributed by atoms with Crippen molar-refractivity contribution in [3.63, 3.8) is 0 Å². The summed E-state index contributed by atoms with van der Waals surface area (Å²) >= 11 is 7.12. The number of carbonyl (C=O) groups excluding carboxylic acids is 1. The third-order valence-electron chi connectivity index (χ3n) is 3.10. The lowest BCUT2D eigenvalue weighted by Gasteiger charge is -2.22. The van der Waals surface area contributed by atoms with Crippen LogP contribution in [0.3, 0.4) is 0 Å². The second-order valence-electron chi connectivity index (χ2n) is 4.67. The van der Waals surface area contributed by atoms with Crippen LogP contribution in [0.25, 0.3) is 10.6 Å². The van der Waals surface area contributed by atoms with Crippen molar-refractivity contribution in [1.29, 1.82) is 5.26 Å². The van der Waals surface area contributed by atoms with E-state index in [1.807, 2.05) is 25.1 Å². The van der Waals surface area contributed by atoms with Crippen LogP contribution in [0.4, 0.5) is 9.93 Å². The van der Waals surface area contributed by atoms with E-state index in [2.05, 4.69) is 15.5 Å². The van der Waals surface area contributed by atoms with Gasteiger partial charge in [0.2, 0.25) is 5.13 Å². The highest BCUT2D eigenvalue weighted by molar-refractivity contribution is 7.18. The zero-order valence-electron chi connectivity index (χ0n) is 12.1. The predicted molar refractivity (Wildman–Crippen MR) is 86.8 cm³/mol. The van der Waals surface area contributed by atoms with Gasteiger partial charge in [0, 0.05) is 23.7 Å². The van der Waals surface area contributed by atoms with Gasteiger partial charge in [-0.2, -0.15) is 5.26 Å². The van der Waals surface area contributed by atoms with Gasteiger partial charge in [-0.3, -0.25) is 5.32 Å². The van der Waals surface area contributed by atoms with Gasteiger partial charge >= 0.3 is 6.03 Å². The fraction of sp³-hybridized carbons (Fsp3) is 0.286. The van der Waals surface area contributed by atoms with Crippen molar-refractivity contribution in [2.75, 3.05) is 12.4 Å². The summed E-state index contributed by atoms with van der Waals surface area (Å²) in [7, 11) is 1.64. The van der Waals surface area contributed by atoms with Crippen LogP contribution in [0.2, 0.25) is 5.02 Å². The molecule has 2 aromatic rings. The molecule has 0 spiro atoms. The first-order valence-corrected chi connectivity index (χ1v) is 7.71. The lowest BCUT2D eigenvalue weighted by atomic mass is 10.2. The number of carbonyl (C=O) groups is 1. The minimum Gasteiger partial charge on any atom is -0.324 e. The van der Waals surface area contributed by atoms with E-state index < -0.39 is 0 Å². The number of rotatable bonds is 4. The quantitative estimate of drug-likeness (QED) is 0.925. The molecule has 0 saturated heterocycles. The molecule has 1 aromatic carbocycles. The van der Waals surface area contributed by atoms with Crippen LogP contribution >= 0.6 is 22.9 Å². The number of hydrogen-bond donors (Lipinski definition) is 1. The Bertz CT molecular complexity index is 694. The molecule has 0 saturated carbocycles.